The van der Waals surface area contributed by atoms with Crippen LogP contribution in [0.4, 0.5) is 5.00 Å². The molecule has 1 fully saturated rings. The lowest BCUT2D eigenvalue weighted by Crippen LogP contribution is -2.55. The molecule has 2 aromatic heterocycles. The number of thiophene rings is 1. The van der Waals surface area contributed by atoms with E-state index >= 15 is 0 Å². The molecule has 4 rings (SSSR count). The minimum absolute atomic E-state index is 0.0652. The second-order valence-electron chi connectivity index (χ2n) is 7.16. The molecule has 10 nitrogen and oxygen atoms in total. The monoisotopic (exact) mass is 441 g/mol. The molecule has 1 aliphatic heterocycles. The molecule has 1 saturated heterocycles. The molecule has 2 amide bonds. The van der Waals surface area contributed by atoms with Gasteiger partial charge in [0.25, 0.3) is 0 Å². The van der Waals surface area contributed by atoms with E-state index in [0.717, 1.165) is 11.4 Å². The number of nitrogens with one attached hydrogen (secondary N) is 3. The van der Waals surface area contributed by atoms with E-state index in [4.69, 9.17) is 10.3 Å². The Balaban J connectivity index is 1.16. The van der Waals surface area contributed by atoms with Gasteiger partial charge in [-0.3, -0.25) is 25.4 Å². The number of aryl methyl sites for hydroxylation is 1. The molecule has 2 aromatic rings. The van der Waals surface area contributed by atoms with Gasteiger partial charge in [-0.05, 0) is 12.5 Å². The second-order valence-corrected chi connectivity index (χ2v) is 8.10. The number of allylic oxidation sites excluding steroid dienone is 2. The highest BCUT2D eigenvalue weighted by atomic mass is 32.1. The summed E-state index contributed by atoms with van der Waals surface area (Å²) >= 11 is 1.41. The van der Waals surface area contributed by atoms with E-state index in [9.17, 15) is 9.59 Å². The summed E-state index contributed by atoms with van der Waals surface area (Å²) in [5.74, 6) is 1.16. The molecule has 2 unspecified atom stereocenters. The second kappa shape index (κ2) is 9.56. The van der Waals surface area contributed by atoms with Crippen molar-refractivity contribution in [1.29, 1.82) is 0 Å². The molecular formula is C20H23N7O3S. The Hall–Kier alpha value is -3.47. The number of hydrazine groups is 1. The number of hydrogen-bond donors (Lipinski definition) is 4. The molecule has 0 saturated carbocycles. The molecule has 0 aromatic carbocycles. The van der Waals surface area contributed by atoms with Crippen LogP contribution >= 0.6 is 11.3 Å². The van der Waals surface area contributed by atoms with Crippen molar-refractivity contribution in [2.24, 2.45) is 16.8 Å². The van der Waals surface area contributed by atoms with Crippen LogP contribution in [0.1, 0.15) is 18.7 Å². The number of aliphatic imine (C=N–C) groups is 1. The average Bonchev–Trinajstić information content (AvgIpc) is 3.42. The van der Waals surface area contributed by atoms with Crippen molar-refractivity contribution in [3.63, 3.8) is 0 Å². The van der Waals surface area contributed by atoms with E-state index in [1.165, 1.54) is 11.3 Å². The largest absolute Gasteiger partial charge is 0.391 e. The summed E-state index contributed by atoms with van der Waals surface area (Å²) in [6.45, 7) is 1.05. The molecule has 11 heteroatoms. The third-order valence-corrected chi connectivity index (χ3v) is 5.68. The normalized spacial score (nSPS) is 20.9. The van der Waals surface area contributed by atoms with Crippen LogP contribution in [0.5, 0.6) is 0 Å². The fourth-order valence-electron chi connectivity index (χ4n) is 3.32. The highest BCUT2D eigenvalue weighted by Crippen LogP contribution is 2.25. The smallest absolute Gasteiger partial charge is 0.246 e. The van der Waals surface area contributed by atoms with Crippen molar-refractivity contribution in [1.82, 2.24) is 26.3 Å². The summed E-state index contributed by atoms with van der Waals surface area (Å²) in [6, 6.07) is 1.79. The van der Waals surface area contributed by atoms with Gasteiger partial charge in [0.05, 0.1) is 16.8 Å². The van der Waals surface area contributed by atoms with Crippen LogP contribution in [0.25, 0.3) is 11.4 Å². The van der Waals surface area contributed by atoms with Crippen LogP contribution in [-0.4, -0.2) is 40.9 Å². The van der Waals surface area contributed by atoms with Crippen molar-refractivity contribution >= 4 is 34.0 Å². The zero-order valence-electron chi connectivity index (χ0n) is 16.7. The Morgan fingerprint density at radius 2 is 2.13 bits per heavy atom. The number of carbonyl (C=O) groups is 2. The van der Waals surface area contributed by atoms with Crippen LogP contribution in [0.2, 0.25) is 0 Å². The van der Waals surface area contributed by atoms with Gasteiger partial charge in [0.1, 0.15) is 5.84 Å². The van der Waals surface area contributed by atoms with E-state index in [-0.39, 0.29) is 30.1 Å². The van der Waals surface area contributed by atoms with Gasteiger partial charge in [0, 0.05) is 36.9 Å². The molecule has 162 valence electrons. The lowest BCUT2D eigenvalue weighted by molar-refractivity contribution is -0.125. The zero-order valence-corrected chi connectivity index (χ0v) is 17.5. The fraction of sp³-hybridized carbons (Fsp3) is 0.350. The quantitative estimate of drug-likeness (QED) is 0.450. The lowest BCUT2D eigenvalue weighted by Gasteiger charge is -2.31. The van der Waals surface area contributed by atoms with Crippen LogP contribution in [0.15, 0.2) is 45.3 Å². The third-order valence-electron chi connectivity index (χ3n) is 4.92. The van der Waals surface area contributed by atoms with Gasteiger partial charge in [0.15, 0.2) is 0 Å². The van der Waals surface area contributed by atoms with Gasteiger partial charge < -0.3 is 15.6 Å². The Bertz CT molecular complexity index is 1040. The summed E-state index contributed by atoms with van der Waals surface area (Å²) < 4.78 is 5.20. The predicted octanol–water partition coefficient (Wildman–Crippen LogP) is 1.21. The lowest BCUT2D eigenvalue weighted by atomic mass is 9.85. The highest BCUT2D eigenvalue weighted by molar-refractivity contribution is 7.14. The maximum atomic E-state index is 12.1. The van der Waals surface area contributed by atoms with Crippen molar-refractivity contribution < 1.29 is 14.1 Å². The average molecular weight is 442 g/mol. The molecule has 5 N–H and O–H groups in total. The maximum absolute atomic E-state index is 12.1. The van der Waals surface area contributed by atoms with Crippen LogP contribution in [0.3, 0.4) is 0 Å². The van der Waals surface area contributed by atoms with Gasteiger partial charge >= 0.3 is 0 Å². The summed E-state index contributed by atoms with van der Waals surface area (Å²) in [4.78, 5) is 32.8. The first-order valence-electron chi connectivity index (χ1n) is 9.99. The standard InChI is InChI=1S/C20H23N7O3S/c21-15-10-12(11-31-15)18-24-17(30-27-18)7-6-16(28)22-8-3-9-23-19-13-4-1-2-5-14(13)20(29)26-25-19/h1-2,4-5,10-11,13-14H,3,6-9,21H2,(H,22,28)(H,23,25)(H,26,29). The molecule has 0 spiro atoms. The topological polar surface area (TPSA) is 148 Å². The van der Waals surface area contributed by atoms with E-state index in [1.807, 2.05) is 29.7 Å². The van der Waals surface area contributed by atoms with E-state index < -0.39 is 0 Å². The SMILES string of the molecule is Nc1cc(-c2noc(CCC(=O)NCCCN=C3NNC(=O)C4C=CC=CC34)n2)cs1. The Labute approximate surface area is 182 Å². The summed E-state index contributed by atoms with van der Waals surface area (Å²) in [7, 11) is 0. The Morgan fingerprint density at radius 3 is 2.94 bits per heavy atom. The minimum Gasteiger partial charge on any atom is -0.391 e. The fourth-order valence-corrected chi connectivity index (χ4v) is 3.95. The summed E-state index contributed by atoms with van der Waals surface area (Å²) in [5.41, 5.74) is 12.0. The third kappa shape index (κ3) is 5.18. The number of aromatic nitrogens is 2. The molecule has 0 radical (unpaired) electrons. The van der Waals surface area contributed by atoms with E-state index in [2.05, 4.69) is 31.3 Å². The van der Waals surface area contributed by atoms with Crippen LogP contribution in [0, 0.1) is 11.8 Å². The number of nitrogens with two attached hydrogens (primary N) is 1. The zero-order chi connectivity index (χ0) is 21.6. The molecule has 31 heavy (non-hydrogen) atoms. The number of amidine groups is 1. The van der Waals surface area contributed by atoms with Crippen LogP contribution in [-0.2, 0) is 16.0 Å². The minimum atomic E-state index is -0.230. The first-order valence-corrected chi connectivity index (χ1v) is 10.9. The number of fused-ring (bicyclic) bond motifs is 1. The number of nitrogen functional groups attached to an aromatic ring is 1. The predicted molar refractivity (Wildman–Crippen MR) is 117 cm³/mol. The summed E-state index contributed by atoms with van der Waals surface area (Å²) in [6.07, 6.45) is 8.94. The van der Waals surface area contributed by atoms with Crippen molar-refractivity contribution in [2.75, 3.05) is 18.8 Å². The van der Waals surface area contributed by atoms with E-state index in [1.54, 1.807) is 6.07 Å². The number of nitrogens with zero attached hydrogens (tertiary/aromatic N) is 3. The van der Waals surface area contributed by atoms with Gasteiger partial charge in [-0.25, -0.2) is 0 Å². The molecule has 2 atom stereocenters. The maximum Gasteiger partial charge on any atom is 0.246 e. The first kappa shape index (κ1) is 20.8. The highest BCUT2D eigenvalue weighted by Gasteiger charge is 2.33. The Morgan fingerprint density at radius 1 is 1.29 bits per heavy atom. The van der Waals surface area contributed by atoms with Crippen molar-refractivity contribution in [3.05, 3.63) is 41.6 Å². The van der Waals surface area contributed by atoms with Gasteiger partial charge in [-0.1, -0.05) is 29.5 Å². The van der Waals surface area contributed by atoms with Crippen molar-refractivity contribution in [3.8, 4) is 11.4 Å². The molecule has 2 aliphatic rings. The van der Waals surface area contributed by atoms with Gasteiger partial charge in [-0.15, -0.1) is 11.3 Å². The Kier molecular flexibility index (Phi) is 6.41. The van der Waals surface area contributed by atoms with Gasteiger partial charge in [-0.2, -0.15) is 4.98 Å². The molecular weight excluding hydrogens is 418 g/mol. The number of rotatable bonds is 8. The van der Waals surface area contributed by atoms with Crippen molar-refractivity contribution in [2.45, 2.75) is 19.3 Å². The van der Waals surface area contributed by atoms with E-state index in [0.29, 0.717) is 42.6 Å². The van der Waals surface area contributed by atoms with Crippen LogP contribution < -0.4 is 21.9 Å². The number of carbonyl (C=O) groups excluding carboxylic acids is 2. The number of hydrogen-bond acceptors (Lipinski definition) is 8. The molecule has 0 bridgehead atoms. The molecule has 3 heterocycles. The first-order chi connectivity index (χ1) is 15.1. The van der Waals surface area contributed by atoms with Gasteiger partial charge in [0.2, 0.25) is 23.5 Å². The number of anilines is 1. The molecule has 1 aliphatic carbocycles. The number of amides is 2. The summed E-state index contributed by atoms with van der Waals surface area (Å²) in [5, 5.41) is 9.33.